The van der Waals surface area contributed by atoms with E-state index >= 15 is 0 Å². The molecule has 1 saturated carbocycles. The van der Waals surface area contributed by atoms with Crippen LogP contribution in [0.5, 0.6) is 0 Å². The molecule has 2 aliphatic rings. The van der Waals surface area contributed by atoms with Crippen LogP contribution in [0.2, 0.25) is 0 Å². The number of likely N-dealkylation sites (N-methyl/N-ethyl adjacent to an activating group) is 1. The minimum Gasteiger partial charge on any atom is -0.357 e. The van der Waals surface area contributed by atoms with Crippen LogP contribution in [0.1, 0.15) is 37.2 Å². The van der Waals surface area contributed by atoms with Gasteiger partial charge in [0.15, 0.2) is 11.6 Å². The average Bonchev–Trinajstić information content (AvgIpc) is 3.02. The predicted octanol–water partition coefficient (Wildman–Crippen LogP) is 2.63. The molecule has 0 unspecified atom stereocenters. The third-order valence-corrected chi connectivity index (χ3v) is 4.28. The van der Waals surface area contributed by atoms with E-state index in [9.17, 15) is 4.79 Å². The molecule has 1 aliphatic heterocycles. The Bertz CT molecular complexity index is 495. The fraction of sp³-hybridized carbons (Fsp3) is 0.500. The Kier molecular flexibility index (Phi) is 3.36. The monoisotopic (exact) mass is 256 g/mol. The van der Waals surface area contributed by atoms with E-state index in [0.717, 1.165) is 13.0 Å². The van der Waals surface area contributed by atoms with E-state index in [1.54, 1.807) is 0 Å². The van der Waals surface area contributed by atoms with Gasteiger partial charge in [-0.2, -0.15) is 0 Å². The third kappa shape index (κ3) is 2.42. The Hall–Kier alpha value is -1.64. The number of amidine groups is 1. The van der Waals surface area contributed by atoms with Crippen LogP contribution in [0.25, 0.3) is 0 Å². The molecule has 1 aromatic carbocycles. The van der Waals surface area contributed by atoms with Crippen molar-refractivity contribution in [2.24, 2.45) is 4.99 Å². The Morgan fingerprint density at radius 3 is 2.68 bits per heavy atom. The molecule has 100 valence electrons. The van der Waals surface area contributed by atoms with Crippen LogP contribution in [0, 0.1) is 0 Å². The van der Waals surface area contributed by atoms with E-state index in [1.165, 1.54) is 18.4 Å². The van der Waals surface area contributed by atoms with Crippen LogP contribution in [0.15, 0.2) is 35.3 Å². The van der Waals surface area contributed by atoms with Crippen LogP contribution >= 0.6 is 0 Å². The highest BCUT2D eigenvalue weighted by atomic mass is 16.1. The normalized spacial score (nSPS) is 29.4. The number of carbonyl (C=O) groups is 1. The predicted molar refractivity (Wildman–Crippen MR) is 76.5 cm³/mol. The lowest BCUT2D eigenvalue weighted by Gasteiger charge is -2.19. The molecule has 0 aromatic heterocycles. The molecule has 0 N–H and O–H groups in total. The maximum Gasteiger partial charge on any atom is 0.199 e. The molecular weight excluding hydrogens is 236 g/mol. The summed E-state index contributed by atoms with van der Waals surface area (Å²) in [6.45, 7) is 0.820. The van der Waals surface area contributed by atoms with Crippen molar-refractivity contribution in [2.75, 3.05) is 13.6 Å². The molecule has 3 rings (SSSR count). The molecule has 3 heteroatoms. The SMILES string of the molecule is CN1CCC(=O)C1=N[C@@H]1CCC[C@@H]1c1ccccc1. The molecule has 1 aliphatic carbocycles. The Labute approximate surface area is 114 Å². The van der Waals surface area contributed by atoms with E-state index < -0.39 is 0 Å². The van der Waals surface area contributed by atoms with Gasteiger partial charge in [-0.05, 0) is 18.4 Å². The maximum atomic E-state index is 11.8. The van der Waals surface area contributed by atoms with E-state index in [2.05, 4.69) is 24.3 Å². The van der Waals surface area contributed by atoms with Crippen molar-refractivity contribution in [2.45, 2.75) is 37.6 Å². The van der Waals surface area contributed by atoms with Gasteiger partial charge in [0.1, 0.15) is 0 Å². The van der Waals surface area contributed by atoms with Crippen LogP contribution in [0.3, 0.4) is 0 Å². The number of likely N-dealkylation sites (tertiary alicyclic amines) is 1. The second-order valence-electron chi connectivity index (χ2n) is 5.56. The molecule has 0 radical (unpaired) electrons. The number of hydrogen-bond acceptors (Lipinski definition) is 2. The highest BCUT2D eigenvalue weighted by Crippen LogP contribution is 2.37. The van der Waals surface area contributed by atoms with Gasteiger partial charge in [0, 0.05) is 25.9 Å². The zero-order valence-corrected chi connectivity index (χ0v) is 11.4. The third-order valence-electron chi connectivity index (χ3n) is 4.28. The molecule has 1 heterocycles. The minimum absolute atomic E-state index is 0.209. The number of nitrogens with zero attached hydrogens (tertiary/aromatic N) is 2. The Balaban J connectivity index is 1.84. The van der Waals surface area contributed by atoms with Gasteiger partial charge < -0.3 is 4.90 Å². The molecule has 0 bridgehead atoms. The van der Waals surface area contributed by atoms with Crippen molar-refractivity contribution in [1.82, 2.24) is 4.90 Å². The lowest BCUT2D eigenvalue weighted by atomic mass is 9.94. The number of ketones is 1. The van der Waals surface area contributed by atoms with Crippen molar-refractivity contribution >= 4 is 11.6 Å². The van der Waals surface area contributed by atoms with Gasteiger partial charge in [0.2, 0.25) is 0 Å². The molecular formula is C16H20N2O. The van der Waals surface area contributed by atoms with E-state index in [4.69, 9.17) is 4.99 Å². The van der Waals surface area contributed by atoms with Gasteiger partial charge in [-0.1, -0.05) is 36.8 Å². The van der Waals surface area contributed by atoms with Crippen LogP contribution in [-0.2, 0) is 4.79 Å². The largest absolute Gasteiger partial charge is 0.357 e. The maximum absolute atomic E-state index is 11.8. The summed E-state index contributed by atoms with van der Waals surface area (Å²) in [6, 6.07) is 10.9. The smallest absolute Gasteiger partial charge is 0.199 e. The molecule has 0 amide bonds. The summed E-state index contributed by atoms with van der Waals surface area (Å²) in [6.07, 6.45) is 4.12. The van der Waals surface area contributed by atoms with Gasteiger partial charge in [0.05, 0.1) is 6.04 Å². The average molecular weight is 256 g/mol. The van der Waals surface area contributed by atoms with Gasteiger partial charge in [-0.15, -0.1) is 0 Å². The van der Waals surface area contributed by atoms with Gasteiger partial charge >= 0.3 is 0 Å². The Morgan fingerprint density at radius 2 is 2.00 bits per heavy atom. The zero-order chi connectivity index (χ0) is 13.2. The molecule has 1 saturated heterocycles. The number of rotatable bonds is 2. The van der Waals surface area contributed by atoms with E-state index in [0.29, 0.717) is 18.2 Å². The minimum atomic E-state index is 0.209. The number of hydrogen-bond donors (Lipinski definition) is 0. The fourth-order valence-electron chi connectivity index (χ4n) is 3.21. The lowest BCUT2D eigenvalue weighted by Crippen LogP contribution is -2.26. The van der Waals surface area contributed by atoms with Crippen molar-refractivity contribution in [1.29, 1.82) is 0 Å². The first-order valence-corrected chi connectivity index (χ1v) is 7.13. The molecule has 19 heavy (non-hydrogen) atoms. The summed E-state index contributed by atoms with van der Waals surface area (Å²) in [5, 5.41) is 0. The summed E-state index contributed by atoms with van der Waals surface area (Å²) in [4.78, 5) is 18.6. The second kappa shape index (κ2) is 5.16. The topological polar surface area (TPSA) is 32.7 Å². The highest BCUT2D eigenvalue weighted by Gasteiger charge is 2.31. The lowest BCUT2D eigenvalue weighted by molar-refractivity contribution is -0.112. The van der Waals surface area contributed by atoms with Crippen molar-refractivity contribution in [3.8, 4) is 0 Å². The van der Waals surface area contributed by atoms with Crippen molar-refractivity contribution < 1.29 is 4.79 Å². The first-order valence-electron chi connectivity index (χ1n) is 7.13. The summed E-state index contributed by atoms with van der Waals surface area (Å²) in [7, 11) is 1.97. The van der Waals surface area contributed by atoms with Crippen LogP contribution in [0.4, 0.5) is 0 Å². The molecule has 3 nitrogen and oxygen atoms in total. The summed E-state index contributed by atoms with van der Waals surface area (Å²) >= 11 is 0. The molecule has 1 aromatic rings. The first-order chi connectivity index (χ1) is 9.25. The highest BCUT2D eigenvalue weighted by molar-refractivity contribution is 6.40. The standard InChI is InChI=1S/C16H20N2O/c1-18-11-10-15(19)16(18)17-14-9-5-8-13(14)12-6-3-2-4-7-12/h2-4,6-7,13-14H,5,8-11H2,1H3/t13-,14-/m1/s1. The van der Waals surface area contributed by atoms with E-state index in [1.807, 2.05) is 18.0 Å². The van der Waals surface area contributed by atoms with Crippen molar-refractivity contribution in [3.63, 3.8) is 0 Å². The van der Waals surface area contributed by atoms with Crippen LogP contribution in [-0.4, -0.2) is 36.2 Å². The van der Waals surface area contributed by atoms with E-state index in [-0.39, 0.29) is 11.8 Å². The zero-order valence-electron chi connectivity index (χ0n) is 11.4. The summed E-state index contributed by atoms with van der Waals surface area (Å²) < 4.78 is 0. The quantitative estimate of drug-likeness (QED) is 0.815. The fourth-order valence-corrected chi connectivity index (χ4v) is 3.21. The number of aliphatic imine (C=N–C) groups is 1. The number of Topliss-reactive ketones (excluding diaryl/α,β-unsaturated/α-hetero) is 1. The first kappa shape index (κ1) is 12.4. The molecule has 0 spiro atoms. The second-order valence-corrected chi connectivity index (χ2v) is 5.56. The molecule has 2 fully saturated rings. The molecule has 2 atom stereocenters. The summed E-state index contributed by atoms with van der Waals surface area (Å²) in [5.74, 6) is 1.39. The van der Waals surface area contributed by atoms with Crippen molar-refractivity contribution in [3.05, 3.63) is 35.9 Å². The van der Waals surface area contributed by atoms with Crippen LogP contribution < -0.4 is 0 Å². The van der Waals surface area contributed by atoms with Gasteiger partial charge in [-0.25, -0.2) is 0 Å². The number of carbonyl (C=O) groups excluding carboxylic acids is 1. The Morgan fingerprint density at radius 1 is 1.21 bits per heavy atom. The number of benzene rings is 1. The van der Waals surface area contributed by atoms with Gasteiger partial charge in [-0.3, -0.25) is 9.79 Å². The van der Waals surface area contributed by atoms with Gasteiger partial charge in [0.25, 0.3) is 0 Å². The summed E-state index contributed by atoms with van der Waals surface area (Å²) in [5.41, 5.74) is 1.36.